The van der Waals surface area contributed by atoms with Crippen molar-refractivity contribution in [2.75, 3.05) is 0 Å². The van der Waals surface area contributed by atoms with Crippen LogP contribution in [0.1, 0.15) is 49.6 Å². The molecule has 1 heterocycles. The second-order valence-electron chi connectivity index (χ2n) is 5.53. The van der Waals surface area contributed by atoms with Crippen LogP contribution in [-0.2, 0) is 12.8 Å². The van der Waals surface area contributed by atoms with Crippen LogP contribution in [0.4, 0.5) is 0 Å². The van der Waals surface area contributed by atoms with Gasteiger partial charge in [-0.2, -0.15) is 0 Å². The van der Waals surface area contributed by atoms with E-state index >= 15 is 0 Å². The number of nitrogens with one attached hydrogen (secondary N) is 2. The monoisotopic (exact) mass is 314 g/mol. The van der Waals surface area contributed by atoms with Crippen molar-refractivity contribution < 1.29 is 9.59 Å². The number of fused-ring (bicyclic) bond motifs is 1. The highest BCUT2D eigenvalue weighted by Gasteiger charge is 2.20. The first kappa shape index (κ1) is 14.8. The van der Waals surface area contributed by atoms with E-state index in [0.29, 0.717) is 11.1 Å². The zero-order chi connectivity index (χ0) is 15.5. The Balaban J connectivity index is 1.64. The number of rotatable bonds is 2. The smallest absolute Gasteiger partial charge is 0.267 e. The minimum atomic E-state index is -0.308. The van der Waals surface area contributed by atoms with E-state index in [4.69, 9.17) is 0 Å². The molecule has 2 aromatic rings. The topological polar surface area (TPSA) is 58.2 Å². The van der Waals surface area contributed by atoms with E-state index in [-0.39, 0.29) is 11.8 Å². The van der Waals surface area contributed by atoms with Crippen molar-refractivity contribution in [2.24, 2.45) is 0 Å². The van der Waals surface area contributed by atoms with Gasteiger partial charge in [-0.3, -0.25) is 20.4 Å². The highest BCUT2D eigenvalue weighted by molar-refractivity contribution is 7.10. The highest BCUT2D eigenvalue weighted by atomic mass is 32.1. The summed E-state index contributed by atoms with van der Waals surface area (Å²) in [6, 6.07) is 7.21. The summed E-state index contributed by atoms with van der Waals surface area (Å²) in [5, 5.41) is 1.89. The molecule has 22 heavy (non-hydrogen) atoms. The lowest BCUT2D eigenvalue weighted by molar-refractivity contribution is 0.0846. The van der Waals surface area contributed by atoms with Crippen LogP contribution in [0, 0.1) is 6.92 Å². The Morgan fingerprint density at radius 2 is 1.68 bits per heavy atom. The summed E-state index contributed by atoms with van der Waals surface area (Å²) in [6.45, 7) is 1.96. The first-order valence-electron chi connectivity index (χ1n) is 7.42. The number of hydrazine groups is 1. The molecule has 114 valence electrons. The summed E-state index contributed by atoms with van der Waals surface area (Å²) in [5.41, 5.74) is 8.46. The predicted octanol–water partition coefficient (Wildman–Crippen LogP) is 3.01. The van der Waals surface area contributed by atoms with Crippen molar-refractivity contribution in [1.29, 1.82) is 0 Å². The lowest BCUT2D eigenvalue weighted by Crippen LogP contribution is -2.41. The number of hydrogen-bond acceptors (Lipinski definition) is 3. The zero-order valence-corrected chi connectivity index (χ0v) is 13.3. The van der Waals surface area contributed by atoms with Crippen molar-refractivity contribution in [3.05, 3.63) is 56.8 Å². The molecule has 4 nitrogen and oxygen atoms in total. The fourth-order valence-corrected chi connectivity index (χ4v) is 3.77. The fourth-order valence-electron chi connectivity index (χ4n) is 2.64. The molecule has 0 saturated heterocycles. The largest absolute Gasteiger partial charge is 0.270 e. The first-order chi connectivity index (χ1) is 10.6. The Hall–Kier alpha value is -2.14. The van der Waals surface area contributed by atoms with Gasteiger partial charge in [0.05, 0.1) is 5.56 Å². The van der Waals surface area contributed by atoms with Crippen molar-refractivity contribution in [3.63, 3.8) is 0 Å². The summed E-state index contributed by atoms with van der Waals surface area (Å²) in [6.07, 6.45) is 4.33. The summed E-state index contributed by atoms with van der Waals surface area (Å²) < 4.78 is 0. The number of amides is 2. The molecule has 0 bridgehead atoms. The van der Waals surface area contributed by atoms with Crippen molar-refractivity contribution in [2.45, 2.75) is 32.6 Å². The van der Waals surface area contributed by atoms with E-state index in [1.165, 1.54) is 11.3 Å². The van der Waals surface area contributed by atoms with E-state index in [1.807, 2.05) is 24.4 Å². The molecule has 0 unspecified atom stereocenters. The van der Waals surface area contributed by atoms with Crippen LogP contribution in [0.2, 0.25) is 0 Å². The summed E-state index contributed by atoms with van der Waals surface area (Å²) in [5.74, 6) is -0.544. The van der Waals surface area contributed by atoms with Gasteiger partial charge in [-0.1, -0.05) is 17.7 Å². The molecular formula is C17H18N2O2S. The maximum absolute atomic E-state index is 12.2. The van der Waals surface area contributed by atoms with Crippen molar-refractivity contribution in [3.8, 4) is 0 Å². The zero-order valence-electron chi connectivity index (χ0n) is 12.4. The normalized spacial score (nSPS) is 13.3. The first-order valence-corrected chi connectivity index (χ1v) is 8.29. The molecule has 5 heteroatoms. The van der Waals surface area contributed by atoms with Gasteiger partial charge in [-0.25, -0.2) is 0 Å². The number of benzene rings is 1. The van der Waals surface area contributed by atoms with Gasteiger partial charge in [-0.05, 0) is 50.3 Å². The molecule has 0 aliphatic heterocycles. The summed E-state index contributed by atoms with van der Waals surface area (Å²) in [7, 11) is 0. The molecule has 0 radical (unpaired) electrons. The Labute approximate surface area is 133 Å². The van der Waals surface area contributed by atoms with E-state index in [9.17, 15) is 9.59 Å². The van der Waals surface area contributed by atoms with Gasteiger partial charge in [-0.15, -0.1) is 11.3 Å². The van der Waals surface area contributed by atoms with Gasteiger partial charge in [0, 0.05) is 15.8 Å². The second-order valence-corrected chi connectivity index (χ2v) is 6.50. The third kappa shape index (κ3) is 3.04. The van der Waals surface area contributed by atoms with Gasteiger partial charge >= 0.3 is 0 Å². The van der Waals surface area contributed by atoms with Gasteiger partial charge in [0.15, 0.2) is 0 Å². The van der Waals surface area contributed by atoms with Crippen LogP contribution in [0.5, 0.6) is 0 Å². The van der Waals surface area contributed by atoms with Crippen LogP contribution in [-0.4, -0.2) is 11.8 Å². The summed E-state index contributed by atoms with van der Waals surface area (Å²) >= 11 is 1.64. The van der Waals surface area contributed by atoms with Gasteiger partial charge < -0.3 is 0 Å². The Morgan fingerprint density at radius 1 is 1.00 bits per heavy atom. The molecule has 2 amide bonds. The molecule has 3 rings (SSSR count). The number of carbonyl (C=O) groups is 2. The third-order valence-electron chi connectivity index (χ3n) is 3.91. The van der Waals surface area contributed by atoms with Gasteiger partial charge in [0.1, 0.15) is 0 Å². The molecule has 1 aromatic carbocycles. The Kier molecular flexibility index (Phi) is 4.24. The average Bonchev–Trinajstić information content (AvgIpc) is 2.97. The molecule has 1 aromatic heterocycles. The molecule has 2 N–H and O–H groups in total. The number of hydrogen-bond donors (Lipinski definition) is 2. The minimum Gasteiger partial charge on any atom is -0.267 e. The maximum atomic E-state index is 12.2. The van der Waals surface area contributed by atoms with Crippen LogP contribution in [0.15, 0.2) is 29.6 Å². The lowest BCUT2D eigenvalue weighted by Gasteiger charge is -2.13. The van der Waals surface area contributed by atoms with Crippen molar-refractivity contribution in [1.82, 2.24) is 10.9 Å². The lowest BCUT2D eigenvalue weighted by atomic mass is 9.96. The van der Waals surface area contributed by atoms with Crippen LogP contribution < -0.4 is 10.9 Å². The molecule has 1 aliphatic rings. The highest BCUT2D eigenvalue weighted by Crippen LogP contribution is 2.29. The number of thiophene rings is 1. The van der Waals surface area contributed by atoms with E-state index in [1.54, 1.807) is 23.5 Å². The van der Waals surface area contributed by atoms with Crippen LogP contribution >= 0.6 is 11.3 Å². The standard InChI is InChI=1S/C17H18N2O2S/c1-11-6-8-12(9-7-11)16(20)18-19-17(21)14-10-22-15-5-3-2-4-13(14)15/h6-10H,2-5H2,1H3,(H,18,20)(H,19,21). The second kappa shape index (κ2) is 6.32. The molecule has 0 atom stereocenters. The quantitative estimate of drug-likeness (QED) is 0.837. The van der Waals surface area contributed by atoms with Crippen molar-refractivity contribution >= 4 is 23.2 Å². The third-order valence-corrected chi connectivity index (χ3v) is 5.00. The maximum Gasteiger partial charge on any atom is 0.270 e. The predicted molar refractivity (Wildman–Crippen MR) is 87.1 cm³/mol. The van der Waals surface area contributed by atoms with Gasteiger partial charge in [0.2, 0.25) is 0 Å². The van der Waals surface area contributed by atoms with Crippen LogP contribution in [0.3, 0.4) is 0 Å². The summed E-state index contributed by atoms with van der Waals surface area (Å²) in [4.78, 5) is 25.6. The molecule has 0 fully saturated rings. The number of carbonyl (C=O) groups excluding carboxylic acids is 2. The van der Waals surface area contributed by atoms with E-state index in [0.717, 1.165) is 30.4 Å². The Morgan fingerprint density at radius 3 is 2.45 bits per heavy atom. The fraction of sp³-hybridized carbons (Fsp3) is 0.294. The van der Waals surface area contributed by atoms with E-state index in [2.05, 4.69) is 10.9 Å². The van der Waals surface area contributed by atoms with E-state index < -0.39 is 0 Å². The Bertz CT molecular complexity index is 704. The molecular weight excluding hydrogens is 296 g/mol. The molecule has 1 aliphatic carbocycles. The SMILES string of the molecule is Cc1ccc(C(=O)NNC(=O)c2csc3c2CCCC3)cc1. The van der Waals surface area contributed by atoms with Crippen LogP contribution in [0.25, 0.3) is 0 Å². The number of aryl methyl sites for hydroxylation is 2. The molecule has 0 spiro atoms. The minimum absolute atomic E-state index is 0.236. The molecule has 0 saturated carbocycles. The van der Waals surface area contributed by atoms with Gasteiger partial charge in [0.25, 0.3) is 11.8 Å². The average molecular weight is 314 g/mol.